The van der Waals surface area contributed by atoms with Crippen LogP contribution in [0.3, 0.4) is 0 Å². The smallest absolute Gasteiger partial charge is 0.00519 e. The van der Waals surface area contributed by atoms with Crippen molar-refractivity contribution in [2.24, 2.45) is 0 Å². The van der Waals surface area contributed by atoms with Gasteiger partial charge in [-0.2, -0.15) is 0 Å². The molecule has 0 bridgehead atoms. The van der Waals surface area contributed by atoms with Crippen LogP contribution in [0.15, 0.2) is 24.3 Å². The van der Waals surface area contributed by atoms with Crippen molar-refractivity contribution in [2.45, 2.75) is 45.4 Å². The zero-order chi connectivity index (χ0) is 11.6. The second kappa shape index (κ2) is 8.35. The molecule has 0 aromatic heterocycles. The van der Waals surface area contributed by atoms with Gasteiger partial charge in [0, 0.05) is 0 Å². The van der Waals surface area contributed by atoms with E-state index in [-0.39, 0.29) is 0 Å². The zero-order valence-corrected chi connectivity index (χ0v) is 10.8. The summed E-state index contributed by atoms with van der Waals surface area (Å²) >= 11 is 0. The van der Waals surface area contributed by atoms with Crippen molar-refractivity contribution in [3.05, 3.63) is 35.4 Å². The molecule has 0 spiro atoms. The first-order chi connectivity index (χ1) is 7.86. The first kappa shape index (κ1) is 13.2. The van der Waals surface area contributed by atoms with Gasteiger partial charge in [0.05, 0.1) is 0 Å². The standard InChI is InChI=1S/C15H25N/c1-3-14-9-11-15(12-10-14)8-6-4-5-7-13-16-2/h9-12,16H,3-8,13H2,1-2H3. The molecule has 0 unspecified atom stereocenters. The molecule has 0 saturated heterocycles. The summed E-state index contributed by atoms with van der Waals surface area (Å²) < 4.78 is 0. The minimum Gasteiger partial charge on any atom is -0.320 e. The van der Waals surface area contributed by atoms with Crippen LogP contribution in [0.4, 0.5) is 0 Å². The van der Waals surface area contributed by atoms with E-state index in [4.69, 9.17) is 0 Å². The normalized spacial score (nSPS) is 10.6. The number of unbranched alkanes of at least 4 members (excludes halogenated alkanes) is 3. The number of benzene rings is 1. The van der Waals surface area contributed by atoms with Crippen molar-refractivity contribution in [1.29, 1.82) is 0 Å². The average Bonchev–Trinajstić information content (AvgIpc) is 2.34. The van der Waals surface area contributed by atoms with Crippen molar-refractivity contribution in [1.82, 2.24) is 5.32 Å². The van der Waals surface area contributed by atoms with E-state index in [2.05, 4.69) is 36.5 Å². The molecule has 0 atom stereocenters. The van der Waals surface area contributed by atoms with Crippen LogP contribution in [0.2, 0.25) is 0 Å². The molecule has 0 amide bonds. The monoisotopic (exact) mass is 219 g/mol. The minimum atomic E-state index is 1.14. The van der Waals surface area contributed by atoms with Crippen LogP contribution in [0.1, 0.15) is 43.7 Å². The average molecular weight is 219 g/mol. The van der Waals surface area contributed by atoms with Gasteiger partial charge in [0.1, 0.15) is 0 Å². The summed E-state index contributed by atoms with van der Waals surface area (Å²) in [6.45, 7) is 3.36. The molecule has 1 aromatic rings. The maximum Gasteiger partial charge on any atom is -0.00519 e. The highest BCUT2D eigenvalue weighted by Crippen LogP contribution is 2.09. The summed E-state index contributed by atoms with van der Waals surface area (Å²) in [5.41, 5.74) is 2.93. The van der Waals surface area contributed by atoms with E-state index in [1.54, 1.807) is 0 Å². The largest absolute Gasteiger partial charge is 0.320 e. The van der Waals surface area contributed by atoms with E-state index < -0.39 is 0 Å². The zero-order valence-electron chi connectivity index (χ0n) is 10.8. The predicted molar refractivity (Wildman–Crippen MR) is 71.9 cm³/mol. The first-order valence-electron chi connectivity index (χ1n) is 6.59. The summed E-state index contributed by atoms with van der Waals surface area (Å²) in [6, 6.07) is 9.09. The molecule has 0 aliphatic rings. The summed E-state index contributed by atoms with van der Waals surface area (Å²) in [7, 11) is 2.02. The Morgan fingerprint density at radius 2 is 1.50 bits per heavy atom. The maximum absolute atomic E-state index is 3.19. The van der Waals surface area contributed by atoms with Gasteiger partial charge in [0.2, 0.25) is 0 Å². The number of hydrogen-bond acceptors (Lipinski definition) is 1. The van der Waals surface area contributed by atoms with Crippen LogP contribution in [0, 0.1) is 0 Å². The van der Waals surface area contributed by atoms with Gasteiger partial charge in [-0.25, -0.2) is 0 Å². The summed E-state index contributed by atoms with van der Waals surface area (Å²) in [5, 5.41) is 3.19. The highest BCUT2D eigenvalue weighted by molar-refractivity contribution is 5.22. The molecule has 0 heterocycles. The number of aryl methyl sites for hydroxylation is 2. The second-order valence-electron chi connectivity index (χ2n) is 4.44. The lowest BCUT2D eigenvalue weighted by Gasteiger charge is -2.03. The van der Waals surface area contributed by atoms with Crippen LogP contribution in [0.25, 0.3) is 0 Å². The highest BCUT2D eigenvalue weighted by Gasteiger charge is 1.94. The number of rotatable bonds is 8. The number of hydrogen-bond donors (Lipinski definition) is 1. The summed E-state index contributed by atoms with van der Waals surface area (Å²) in [5.74, 6) is 0. The van der Waals surface area contributed by atoms with E-state index in [1.165, 1.54) is 43.2 Å². The van der Waals surface area contributed by atoms with Crippen molar-refractivity contribution >= 4 is 0 Å². The van der Waals surface area contributed by atoms with E-state index in [0.717, 1.165) is 13.0 Å². The van der Waals surface area contributed by atoms with Crippen LogP contribution in [-0.4, -0.2) is 13.6 Å². The van der Waals surface area contributed by atoms with Gasteiger partial charge < -0.3 is 5.32 Å². The fourth-order valence-corrected chi connectivity index (χ4v) is 1.93. The maximum atomic E-state index is 3.19. The molecule has 1 nitrogen and oxygen atoms in total. The lowest BCUT2D eigenvalue weighted by atomic mass is 10.0. The predicted octanol–water partition coefficient (Wildman–Crippen LogP) is 3.57. The van der Waals surface area contributed by atoms with Gasteiger partial charge in [-0.15, -0.1) is 0 Å². The Bertz CT molecular complexity index is 263. The number of nitrogens with one attached hydrogen (secondary N) is 1. The molecular formula is C15H25N. The molecular weight excluding hydrogens is 194 g/mol. The van der Waals surface area contributed by atoms with E-state index in [1.807, 2.05) is 7.05 Å². The molecule has 90 valence electrons. The van der Waals surface area contributed by atoms with Gasteiger partial charge in [-0.3, -0.25) is 0 Å². The molecule has 1 N–H and O–H groups in total. The van der Waals surface area contributed by atoms with Crippen LogP contribution < -0.4 is 5.32 Å². The molecule has 0 radical (unpaired) electrons. The Kier molecular flexibility index (Phi) is 6.91. The van der Waals surface area contributed by atoms with Gasteiger partial charge in [0.15, 0.2) is 0 Å². The van der Waals surface area contributed by atoms with Crippen molar-refractivity contribution in [2.75, 3.05) is 13.6 Å². The molecule has 1 rings (SSSR count). The van der Waals surface area contributed by atoms with Crippen LogP contribution in [-0.2, 0) is 12.8 Å². The molecule has 0 fully saturated rings. The van der Waals surface area contributed by atoms with Crippen molar-refractivity contribution < 1.29 is 0 Å². The third-order valence-corrected chi connectivity index (χ3v) is 3.07. The van der Waals surface area contributed by atoms with E-state index >= 15 is 0 Å². The first-order valence-corrected chi connectivity index (χ1v) is 6.59. The van der Waals surface area contributed by atoms with Crippen molar-refractivity contribution in [3.8, 4) is 0 Å². The van der Waals surface area contributed by atoms with E-state index in [9.17, 15) is 0 Å². The van der Waals surface area contributed by atoms with Gasteiger partial charge in [-0.05, 0) is 50.4 Å². The lowest BCUT2D eigenvalue weighted by molar-refractivity contribution is 0.616. The molecule has 0 saturated carbocycles. The topological polar surface area (TPSA) is 12.0 Å². The third kappa shape index (κ3) is 5.32. The molecule has 0 aliphatic heterocycles. The van der Waals surface area contributed by atoms with Crippen LogP contribution in [0.5, 0.6) is 0 Å². The van der Waals surface area contributed by atoms with Crippen LogP contribution >= 0.6 is 0 Å². The second-order valence-corrected chi connectivity index (χ2v) is 4.44. The quantitative estimate of drug-likeness (QED) is 0.659. The van der Waals surface area contributed by atoms with Gasteiger partial charge >= 0.3 is 0 Å². The lowest BCUT2D eigenvalue weighted by Crippen LogP contribution is -2.06. The SMILES string of the molecule is CCc1ccc(CCCCCCNC)cc1. The summed E-state index contributed by atoms with van der Waals surface area (Å²) in [4.78, 5) is 0. The summed E-state index contributed by atoms with van der Waals surface area (Å²) in [6.07, 6.45) is 7.74. The fraction of sp³-hybridized carbons (Fsp3) is 0.600. The Morgan fingerprint density at radius 1 is 0.875 bits per heavy atom. The van der Waals surface area contributed by atoms with Crippen molar-refractivity contribution in [3.63, 3.8) is 0 Å². The Morgan fingerprint density at radius 3 is 2.12 bits per heavy atom. The Hall–Kier alpha value is -0.820. The Labute approximate surface area is 100 Å². The van der Waals surface area contributed by atoms with Gasteiger partial charge in [-0.1, -0.05) is 44.0 Å². The van der Waals surface area contributed by atoms with Gasteiger partial charge in [0.25, 0.3) is 0 Å². The fourth-order valence-electron chi connectivity index (χ4n) is 1.93. The van der Waals surface area contributed by atoms with E-state index in [0.29, 0.717) is 0 Å². The molecule has 1 heteroatoms. The highest BCUT2D eigenvalue weighted by atomic mass is 14.8. The molecule has 1 aromatic carbocycles. The third-order valence-electron chi connectivity index (χ3n) is 3.07. The molecule has 16 heavy (non-hydrogen) atoms. The molecule has 0 aliphatic carbocycles. The minimum absolute atomic E-state index is 1.14. The Balaban J connectivity index is 2.12.